The third-order valence-electron chi connectivity index (χ3n) is 9.58. The zero-order valence-corrected chi connectivity index (χ0v) is 27.4. The minimum atomic E-state index is -3.35. The molecule has 0 saturated carbocycles. The van der Waals surface area contributed by atoms with E-state index in [-0.39, 0.29) is 52.5 Å². The van der Waals surface area contributed by atoms with Gasteiger partial charge in [-0.3, -0.25) is 19.4 Å². The van der Waals surface area contributed by atoms with Crippen molar-refractivity contribution in [2.45, 2.75) is 75.9 Å². The monoisotopic (exact) mass is 622 g/mol. The van der Waals surface area contributed by atoms with Crippen LogP contribution in [-0.4, -0.2) is 91.4 Å². The summed E-state index contributed by atoms with van der Waals surface area (Å²) >= 11 is 0. The maximum atomic E-state index is 14.1. The number of nitrogens with zero attached hydrogens (tertiary/aromatic N) is 3. The Labute approximate surface area is 261 Å². The minimum absolute atomic E-state index is 0.0862. The van der Waals surface area contributed by atoms with Gasteiger partial charge in [0, 0.05) is 57.2 Å². The lowest BCUT2D eigenvalue weighted by Crippen LogP contribution is -2.60. The summed E-state index contributed by atoms with van der Waals surface area (Å²) in [7, 11) is -3.35. The van der Waals surface area contributed by atoms with E-state index in [9.17, 15) is 22.8 Å². The predicted octanol–water partition coefficient (Wildman–Crippen LogP) is 4.09. The highest BCUT2D eigenvalue weighted by molar-refractivity contribution is 7.90. The molecule has 238 valence electrons. The SMILES string of the molecule is CCN1C(=O)N(Cc2ccc(S(C)(=O)=O)cc2)C(=O)C12CCN(C(C(=O)CC(C)(C)C)[C@@H]1CNC[C@@H]1c1ccccc1)CC2. The molecule has 3 fully saturated rings. The first-order valence-electron chi connectivity index (χ1n) is 15.7. The molecule has 0 aliphatic carbocycles. The summed E-state index contributed by atoms with van der Waals surface area (Å²) in [6, 6.07) is 16.1. The average Bonchev–Trinajstić information content (AvgIpc) is 3.51. The zero-order chi connectivity index (χ0) is 31.9. The second kappa shape index (κ2) is 12.4. The number of benzene rings is 2. The number of nitrogens with one attached hydrogen (secondary N) is 1. The number of ketones is 1. The van der Waals surface area contributed by atoms with Gasteiger partial charge in [-0.2, -0.15) is 0 Å². The Morgan fingerprint density at radius 1 is 1.00 bits per heavy atom. The van der Waals surface area contributed by atoms with E-state index < -0.39 is 15.4 Å². The van der Waals surface area contributed by atoms with Gasteiger partial charge in [0.25, 0.3) is 5.91 Å². The number of amides is 3. The first-order chi connectivity index (χ1) is 20.7. The van der Waals surface area contributed by atoms with Gasteiger partial charge in [-0.25, -0.2) is 13.2 Å². The fraction of sp³-hybridized carbons (Fsp3) is 0.559. The molecular weight excluding hydrogens is 576 g/mol. The molecule has 1 unspecified atom stereocenters. The van der Waals surface area contributed by atoms with Crippen LogP contribution in [0.4, 0.5) is 4.79 Å². The molecule has 9 nitrogen and oxygen atoms in total. The molecule has 44 heavy (non-hydrogen) atoms. The molecule has 0 bridgehead atoms. The van der Waals surface area contributed by atoms with Crippen LogP contribution < -0.4 is 5.32 Å². The number of piperidine rings is 1. The largest absolute Gasteiger partial charge is 0.327 e. The van der Waals surface area contributed by atoms with Crippen LogP contribution in [0.3, 0.4) is 0 Å². The highest BCUT2D eigenvalue weighted by Crippen LogP contribution is 2.41. The number of carbonyl (C=O) groups excluding carboxylic acids is 3. The van der Waals surface area contributed by atoms with Crippen molar-refractivity contribution >= 4 is 27.6 Å². The first kappa shape index (κ1) is 32.3. The van der Waals surface area contributed by atoms with E-state index in [2.05, 4.69) is 55.3 Å². The summed E-state index contributed by atoms with van der Waals surface area (Å²) in [5, 5.41) is 3.55. The maximum Gasteiger partial charge on any atom is 0.327 e. The topological polar surface area (TPSA) is 107 Å². The van der Waals surface area contributed by atoms with E-state index in [1.807, 2.05) is 13.0 Å². The van der Waals surface area contributed by atoms with Gasteiger partial charge in [0.15, 0.2) is 15.6 Å². The van der Waals surface area contributed by atoms with E-state index >= 15 is 0 Å². The molecule has 10 heteroatoms. The Hall–Kier alpha value is -3.08. The molecule has 2 aromatic rings. The third-order valence-corrected chi connectivity index (χ3v) is 10.7. The van der Waals surface area contributed by atoms with Gasteiger partial charge in [-0.15, -0.1) is 0 Å². The van der Waals surface area contributed by atoms with Crippen molar-refractivity contribution in [3.63, 3.8) is 0 Å². The summed E-state index contributed by atoms with van der Waals surface area (Å²) in [5.74, 6) is 0.352. The Bertz CT molecular complexity index is 1480. The summed E-state index contributed by atoms with van der Waals surface area (Å²) in [5.41, 5.74) is 0.837. The number of imide groups is 1. The molecule has 0 aromatic heterocycles. The standard InChI is InChI=1S/C34H46N4O5S/c1-6-38-32(41)37(23-24-12-14-26(15-13-24)44(5,42)43)31(40)34(38)16-18-36(19-17-34)30(29(39)20-33(2,3)4)28-22-35-21-27(28)25-10-8-7-9-11-25/h7-15,27-28,30,35H,6,16-23H2,1-5H3/t27-,28-,30?/m1/s1. The summed E-state index contributed by atoms with van der Waals surface area (Å²) in [6.07, 6.45) is 2.55. The molecule has 1 N–H and O–H groups in total. The van der Waals surface area contributed by atoms with Crippen molar-refractivity contribution in [3.05, 3.63) is 65.7 Å². The summed E-state index contributed by atoms with van der Waals surface area (Å²) < 4.78 is 23.8. The Balaban J connectivity index is 1.37. The lowest BCUT2D eigenvalue weighted by atomic mass is 9.76. The number of likely N-dealkylation sites (N-methyl/N-ethyl adjacent to an activating group) is 1. The Kier molecular flexibility index (Phi) is 9.08. The average molecular weight is 623 g/mol. The quantitative estimate of drug-likeness (QED) is 0.420. The van der Waals surface area contributed by atoms with Gasteiger partial charge in [-0.1, -0.05) is 63.2 Å². The maximum absolute atomic E-state index is 14.1. The van der Waals surface area contributed by atoms with Crippen molar-refractivity contribution in [2.24, 2.45) is 11.3 Å². The van der Waals surface area contributed by atoms with Crippen LogP contribution in [-0.2, 0) is 26.0 Å². The second-order valence-corrected chi connectivity index (χ2v) is 15.9. The van der Waals surface area contributed by atoms with Crippen LogP contribution in [0.15, 0.2) is 59.5 Å². The van der Waals surface area contributed by atoms with Crippen molar-refractivity contribution < 1.29 is 22.8 Å². The highest BCUT2D eigenvalue weighted by Gasteiger charge is 2.58. The van der Waals surface area contributed by atoms with Crippen LogP contribution in [0.2, 0.25) is 0 Å². The third kappa shape index (κ3) is 6.34. The van der Waals surface area contributed by atoms with Gasteiger partial charge >= 0.3 is 6.03 Å². The van der Waals surface area contributed by atoms with E-state index in [4.69, 9.17) is 0 Å². The molecule has 3 saturated heterocycles. The van der Waals surface area contributed by atoms with E-state index in [1.54, 1.807) is 17.0 Å². The number of rotatable bonds is 9. The van der Waals surface area contributed by atoms with Gasteiger partial charge in [0.1, 0.15) is 5.54 Å². The smallest absolute Gasteiger partial charge is 0.316 e. The fourth-order valence-corrected chi connectivity index (χ4v) is 8.11. The first-order valence-corrected chi connectivity index (χ1v) is 17.6. The number of Topliss-reactive ketones (excluding diaryl/α,β-unsaturated/α-hetero) is 1. The van der Waals surface area contributed by atoms with Crippen LogP contribution in [0.5, 0.6) is 0 Å². The number of likely N-dealkylation sites (tertiary alicyclic amines) is 1. The van der Waals surface area contributed by atoms with Gasteiger partial charge in [-0.05, 0) is 48.4 Å². The van der Waals surface area contributed by atoms with Crippen molar-refractivity contribution in [2.75, 3.05) is 39.0 Å². The van der Waals surface area contributed by atoms with Crippen LogP contribution in [0.25, 0.3) is 0 Å². The van der Waals surface area contributed by atoms with E-state index in [0.717, 1.165) is 19.3 Å². The lowest BCUT2D eigenvalue weighted by molar-refractivity contribution is -0.137. The number of hydrogen-bond donors (Lipinski definition) is 1. The number of sulfone groups is 1. The second-order valence-electron chi connectivity index (χ2n) is 13.9. The number of carbonyl (C=O) groups is 3. The fourth-order valence-electron chi connectivity index (χ4n) is 7.48. The lowest BCUT2D eigenvalue weighted by Gasteiger charge is -2.46. The van der Waals surface area contributed by atoms with Crippen LogP contribution in [0, 0.1) is 11.3 Å². The van der Waals surface area contributed by atoms with E-state index in [0.29, 0.717) is 44.5 Å². The van der Waals surface area contributed by atoms with Crippen LogP contribution in [0.1, 0.15) is 64.0 Å². The summed E-state index contributed by atoms with van der Waals surface area (Å²) in [6.45, 7) is 11.4. The van der Waals surface area contributed by atoms with Crippen LogP contribution >= 0.6 is 0 Å². The molecule has 3 aliphatic heterocycles. The van der Waals surface area contributed by atoms with Crippen molar-refractivity contribution in [1.82, 2.24) is 20.0 Å². The van der Waals surface area contributed by atoms with E-state index in [1.165, 1.54) is 22.6 Å². The van der Waals surface area contributed by atoms with Gasteiger partial charge < -0.3 is 10.2 Å². The summed E-state index contributed by atoms with van der Waals surface area (Å²) in [4.78, 5) is 47.2. The van der Waals surface area contributed by atoms with Gasteiger partial charge in [0.2, 0.25) is 0 Å². The number of urea groups is 1. The minimum Gasteiger partial charge on any atom is -0.316 e. The molecule has 3 atom stereocenters. The highest BCUT2D eigenvalue weighted by atomic mass is 32.2. The molecule has 3 aliphatic rings. The number of hydrogen-bond acceptors (Lipinski definition) is 7. The van der Waals surface area contributed by atoms with Crippen molar-refractivity contribution in [1.29, 1.82) is 0 Å². The molecule has 0 radical (unpaired) electrons. The molecule has 2 aromatic carbocycles. The Morgan fingerprint density at radius 3 is 2.20 bits per heavy atom. The Morgan fingerprint density at radius 2 is 1.64 bits per heavy atom. The molecule has 1 spiro atoms. The molecular formula is C34H46N4O5S. The molecule has 3 heterocycles. The predicted molar refractivity (Wildman–Crippen MR) is 170 cm³/mol. The molecule has 5 rings (SSSR count). The molecule has 3 amide bonds. The zero-order valence-electron chi connectivity index (χ0n) is 26.6. The normalized spacial score (nSPS) is 23.5. The van der Waals surface area contributed by atoms with Gasteiger partial charge in [0.05, 0.1) is 17.5 Å². The van der Waals surface area contributed by atoms with Crippen molar-refractivity contribution in [3.8, 4) is 0 Å².